The Balaban J connectivity index is -0.000000105. The SMILES string of the molecule is CC[Si](O)(CC)CC.CC[Si](O)(CC)CC.CC[Si](O)(CC)CC.CC[Si](O)(CC)CC.[Hf]. The van der Waals surface area contributed by atoms with E-state index in [0.29, 0.717) is 0 Å². The first kappa shape index (κ1) is 44.6. The van der Waals surface area contributed by atoms with Gasteiger partial charge in [0.1, 0.15) is 0 Å². The molecule has 9 heteroatoms. The summed E-state index contributed by atoms with van der Waals surface area (Å²) in [6, 6.07) is 12.2. The van der Waals surface area contributed by atoms with Crippen LogP contribution in [0.1, 0.15) is 83.1 Å². The van der Waals surface area contributed by atoms with Crippen molar-refractivity contribution in [2.24, 2.45) is 0 Å². The maximum absolute atomic E-state index is 9.58. The molecule has 0 aliphatic heterocycles. The second-order valence-electron chi connectivity index (χ2n) is 9.14. The first-order valence-electron chi connectivity index (χ1n) is 13.6. The Bertz CT molecular complexity index is 284. The van der Waals surface area contributed by atoms with E-state index >= 15 is 0 Å². The molecule has 0 unspecified atom stereocenters. The molecule has 0 atom stereocenters. The van der Waals surface area contributed by atoms with Gasteiger partial charge in [-0.05, 0) is 72.5 Å². The molecule has 33 heavy (non-hydrogen) atoms. The van der Waals surface area contributed by atoms with Crippen molar-refractivity contribution in [3.05, 3.63) is 0 Å². The monoisotopic (exact) mass is 708 g/mol. The molecule has 0 aromatic carbocycles. The topological polar surface area (TPSA) is 80.9 Å². The van der Waals surface area contributed by atoms with Crippen LogP contribution in [0, 0.1) is 0 Å². The van der Waals surface area contributed by atoms with E-state index in [0.717, 1.165) is 72.5 Å². The molecule has 0 heterocycles. The Morgan fingerprint density at radius 2 is 0.333 bits per heavy atom. The fourth-order valence-electron chi connectivity index (χ4n) is 3.00. The third-order valence-corrected chi connectivity index (χ3v) is 23.7. The normalized spacial score (nSPS) is 11.6. The third-order valence-electron chi connectivity index (χ3n) is 7.90. The molecule has 0 saturated carbocycles. The van der Waals surface area contributed by atoms with E-state index in [2.05, 4.69) is 83.1 Å². The van der Waals surface area contributed by atoms with Gasteiger partial charge in [-0.15, -0.1) is 0 Å². The molecule has 4 N–H and O–H groups in total. The average Bonchev–Trinajstić information content (AvgIpc) is 2.87. The molecule has 0 spiro atoms. The van der Waals surface area contributed by atoms with E-state index in [1.807, 2.05) is 0 Å². The Labute approximate surface area is 232 Å². The van der Waals surface area contributed by atoms with Crippen molar-refractivity contribution < 1.29 is 45.0 Å². The smallest absolute Gasteiger partial charge is 0.187 e. The van der Waals surface area contributed by atoms with Gasteiger partial charge in [-0.3, -0.25) is 0 Å². The van der Waals surface area contributed by atoms with Crippen LogP contribution < -0.4 is 0 Å². The van der Waals surface area contributed by atoms with E-state index in [1.54, 1.807) is 0 Å². The van der Waals surface area contributed by atoms with Crippen LogP contribution >= 0.6 is 0 Å². The summed E-state index contributed by atoms with van der Waals surface area (Å²) in [6.45, 7) is 25.0. The molecule has 0 aromatic rings. The predicted octanol–water partition coefficient (Wildman–Crippen LogP) is 7.93. The van der Waals surface area contributed by atoms with Crippen LogP contribution in [0.3, 0.4) is 0 Å². The predicted molar refractivity (Wildman–Crippen MR) is 158 cm³/mol. The van der Waals surface area contributed by atoms with Gasteiger partial charge in [-0.25, -0.2) is 0 Å². The summed E-state index contributed by atoms with van der Waals surface area (Å²) < 4.78 is 0. The largest absolute Gasteiger partial charge is 0.432 e. The van der Waals surface area contributed by atoms with Gasteiger partial charge in [0.2, 0.25) is 0 Å². The zero-order valence-corrected chi connectivity index (χ0v) is 32.4. The van der Waals surface area contributed by atoms with Gasteiger partial charge in [0.25, 0.3) is 0 Å². The van der Waals surface area contributed by atoms with E-state index in [-0.39, 0.29) is 25.8 Å². The maximum atomic E-state index is 9.58. The molecule has 0 bridgehead atoms. The van der Waals surface area contributed by atoms with Crippen LogP contribution in [-0.4, -0.2) is 52.5 Å². The van der Waals surface area contributed by atoms with Crippen molar-refractivity contribution in [3.63, 3.8) is 0 Å². The quantitative estimate of drug-likeness (QED) is 0.156. The van der Waals surface area contributed by atoms with E-state index in [4.69, 9.17) is 0 Å². The van der Waals surface area contributed by atoms with E-state index < -0.39 is 33.3 Å². The fraction of sp³-hybridized carbons (Fsp3) is 1.00. The molecule has 0 aliphatic rings. The van der Waals surface area contributed by atoms with Crippen molar-refractivity contribution in [2.45, 2.75) is 156 Å². The Morgan fingerprint density at radius 3 is 0.333 bits per heavy atom. The standard InChI is InChI=1S/4C6H16OSi.Hf/c4*1-4-8(7,5-2)6-3;/h4*7H,4-6H2,1-3H3;. The molecule has 0 saturated heterocycles. The van der Waals surface area contributed by atoms with Gasteiger partial charge < -0.3 is 19.2 Å². The minimum Gasteiger partial charge on any atom is -0.432 e. The van der Waals surface area contributed by atoms with Crippen LogP contribution in [0.4, 0.5) is 0 Å². The summed E-state index contributed by atoms with van der Waals surface area (Å²) in [5, 5.41) is 0. The molecule has 0 rings (SSSR count). The van der Waals surface area contributed by atoms with Crippen molar-refractivity contribution in [3.8, 4) is 0 Å². The van der Waals surface area contributed by atoms with Crippen molar-refractivity contribution in [2.75, 3.05) is 0 Å². The van der Waals surface area contributed by atoms with Crippen LogP contribution in [0.5, 0.6) is 0 Å². The van der Waals surface area contributed by atoms with Crippen molar-refractivity contribution in [1.29, 1.82) is 0 Å². The molecule has 0 amide bonds. The summed E-state index contributed by atoms with van der Waals surface area (Å²) in [4.78, 5) is 38.3. The summed E-state index contributed by atoms with van der Waals surface area (Å²) in [5.41, 5.74) is 0. The molecule has 204 valence electrons. The van der Waals surface area contributed by atoms with Gasteiger partial charge in [-0.2, -0.15) is 0 Å². The van der Waals surface area contributed by atoms with Gasteiger partial charge in [0, 0.05) is 25.8 Å². The minimum atomic E-state index is -1.67. The number of rotatable bonds is 12. The molecule has 0 radical (unpaired) electrons. The van der Waals surface area contributed by atoms with E-state index in [1.165, 1.54) is 0 Å². The van der Waals surface area contributed by atoms with Gasteiger partial charge >= 0.3 is 0 Å². The summed E-state index contributed by atoms with van der Waals surface area (Å²) in [5.74, 6) is 0. The van der Waals surface area contributed by atoms with Crippen LogP contribution in [-0.2, 0) is 25.8 Å². The van der Waals surface area contributed by atoms with Gasteiger partial charge in [0.05, 0.1) is 0 Å². The van der Waals surface area contributed by atoms with Gasteiger partial charge in [0.15, 0.2) is 33.3 Å². The molecule has 0 aromatic heterocycles. The van der Waals surface area contributed by atoms with E-state index in [9.17, 15) is 19.2 Å². The van der Waals surface area contributed by atoms with Crippen molar-refractivity contribution in [1.82, 2.24) is 0 Å². The maximum Gasteiger partial charge on any atom is 0.187 e. The summed E-state index contributed by atoms with van der Waals surface area (Å²) >= 11 is 0. The molecular formula is C24H64HfO4Si4. The average molecular weight is 708 g/mol. The molecule has 0 aliphatic carbocycles. The minimum absolute atomic E-state index is 0. The number of hydrogen-bond donors (Lipinski definition) is 4. The Hall–Kier alpha value is 1.58. The van der Waals surface area contributed by atoms with Crippen LogP contribution in [0.2, 0.25) is 72.5 Å². The zero-order chi connectivity index (χ0) is 26.5. The van der Waals surface area contributed by atoms with Gasteiger partial charge in [-0.1, -0.05) is 83.1 Å². The molecule has 0 fully saturated rings. The molecular weight excluding hydrogens is 643 g/mol. The molecule has 4 nitrogen and oxygen atoms in total. The Morgan fingerprint density at radius 1 is 0.273 bits per heavy atom. The zero-order valence-electron chi connectivity index (χ0n) is 24.8. The second-order valence-corrected chi connectivity index (χ2v) is 27.4. The second kappa shape index (κ2) is 25.2. The summed E-state index contributed by atoms with van der Waals surface area (Å²) in [6.07, 6.45) is 0. The fourth-order valence-corrected chi connectivity index (χ4v) is 9.00. The van der Waals surface area contributed by atoms with Crippen LogP contribution in [0.15, 0.2) is 0 Å². The van der Waals surface area contributed by atoms with Crippen LogP contribution in [0.25, 0.3) is 0 Å². The third kappa shape index (κ3) is 23.7. The number of hydrogen-bond acceptors (Lipinski definition) is 4. The first-order valence-corrected chi connectivity index (χ1v) is 23.9. The summed E-state index contributed by atoms with van der Waals surface area (Å²) in [7, 11) is -6.69. The van der Waals surface area contributed by atoms with Crippen molar-refractivity contribution >= 4 is 33.3 Å². The first-order chi connectivity index (χ1) is 14.7. The Kier molecular flexibility index (Phi) is 34.1.